The molecule has 3 nitrogen and oxygen atoms in total. The molecule has 1 aromatic rings. The van der Waals surface area contributed by atoms with Gasteiger partial charge in [0, 0.05) is 5.56 Å². The summed E-state index contributed by atoms with van der Waals surface area (Å²) in [6, 6.07) is 3.87. The number of rotatable bonds is 2. The van der Waals surface area contributed by atoms with Crippen LogP contribution in [0.15, 0.2) is 30.9 Å². The van der Waals surface area contributed by atoms with Crippen LogP contribution in [-0.4, -0.2) is 16.0 Å². The van der Waals surface area contributed by atoms with Gasteiger partial charge in [-0.2, -0.15) is 0 Å². The van der Waals surface area contributed by atoms with Gasteiger partial charge in [0.2, 0.25) is 0 Å². The number of phenolic OH excluding ortho intramolecular Hbond substituents is 2. The standard InChI is InChI=1S/C9H8O3.ClH/c1-2-7(10)6-3-4-8(11)9(12)5-6;/h2-5,11-12H,1H2;1H. The van der Waals surface area contributed by atoms with Crippen LogP contribution in [0.3, 0.4) is 0 Å². The SMILES string of the molecule is C=CC(=O)c1ccc(O)c(O)c1.Cl. The number of benzene rings is 1. The van der Waals surface area contributed by atoms with Gasteiger partial charge in [0.25, 0.3) is 0 Å². The van der Waals surface area contributed by atoms with Crippen molar-refractivity contribution < 1.29 is 15.0 Å². The van der Waals surface area contributed by atoms with Crippen molar-refractivity contribution in [2.24, 2.45) is 0 Å². The molecule has 0 aliphatic heterocycles. The Bertz CT molecular complexity index is 334. The van der Waals surface area contributed by atoms with Crippen molar-refractivity contribution in [2.45, 2.75) is 0 Å². The maximum absolute atomic E-state index is 11.0. The lowest BCUT2D eigenvalue weighted by atomic mass is 10.1. The van der Waals surface area contributed by atoms with Crippen molar-refractivity contribution in [3.63, 3.8) is 0 Å². The van der Waals surface area contributed by atoms with Crippen LogP contribution < -0.4 is 0 Å². The normalized spacial score (nSPS) is 8.62. The maximum Gasteiger partial charge on any atom is 0.185 e. The molecule has 0 bridgehead atoms. The molecule has 0 saturated heterocycles. The first kappa shape index (κ1) is 11.5. The summed E-state index contributed by atoms with van der Waals surface area (Å²) in [5, 5.41) is 17.9. The molecule has 70 valence electrons. The number of ketones is 1. The zero-order valence-electron chi connectivity index (χ0n) is 6.73. The van der Waals surface area contributed by atoms with Crippen molar-refractivity contribution in [2.75, 3.05) is 0 Å². The molecule has 1 aromatic carbocycles. The highest BCUT2D eigenvalue weighted by Gasteiger charge is 2.04. The van der Waals surface area contributed by atoms with Gasteiger partial charge in [0.1, 0.15) is 0 Å². The molecule has 1 rings (SSSR count). The third-order valence-electron chi connectivity index (χ3n) is 1.45. The van der Waals surface area contributed by atoms with Gasteiger partial charge < -0.3 is 10.2 Å². The minimum atomic E-state index is -0.303. The minimum Gasteiger partial charge on any atom is -0.504 e. The van der Waals surface area contributed by atoms with Gasteiger partial charge in [-0.3, -0.25) is 4.79 Å². The Morgan fingerprint density at radius 1 is 1.31 bits per heavy atom. The third kappa shape index (κ3) is 2.49. The lowest BCUT2D eigenvalue weighted by Gasteiger charge is -1.98. The lowest BCUT2D eigenvalue weighted by molar-refractivity contribution is 0.104. The Kier molecular flexibility index (Phi) is 4.01. The van der Waals surface area contributed by atoms with E-state index in [-0.39, 0.29) is 29.7 Å². The van der Waals surface area contributed by atoms with Crippen LogP contribution in [-0.2, 0) is 0 Å². The van der Waals surface area contributed by atoms with E-state index in [1.807, 2.05) is 0 Å². The van der Waals surface area contributed by atoms with Crippen LogP contribution in [0.25, 0.3) is 0 Å². The summed E-state index contributed by atoms with van der Waals surface area (Å²) in [4.78, 5) is 11.0. The lowest BCUT2D eigenvalue weighted by Crippen LogP contribution is -1.92. The number of aromatic hydroxyl groups is 2. The van der Waals surface area contributed by atoms with Gasteiger partial charge in [-0.15, -0.1) is 12.4 Å². The summed E-state index contributed by atoms with van der Waals surface area (Å²) >= 11 is 0. The second-order valence-electron chi connectivity index (χ2n) is 2.27. The summed E-state index contributed by atoms with van der Waals surface area (Å²) in [7, 11) is 0. The number of hydrogen-bond acceptors (Lipinski definition) is 3. The second kappa shape index (κ2) is 4.52. The molecule has 2 N–H and O–H groups in total. The third-order valence-corrected chi connectivity index (χ3v) is 1.45. The Hall–Kier alpha value is -1.48. The second-order valence-corrected chi connectivity index (χ2v) is 2.27. The topological polar surface area (TPSA) is 57.5 Å². The molecule has 0 unspecified atom stereocenters. The molecule has 0 aromatic heterocycles. The van der Waals surface area contributed by atoms with Gasteiger partial charge in [-0.25, -0.2) is 0 Å². The molecular weight excluding hydrogens is 192 g/mol. The summed E-state index contributed by atoms with van der Waals surface area (Å²) in [6.07, 6.45) is 1.14. The van der Waals surface area contributed by atoms with Crippen LogP contribution in [0.1, 0.15) is 10.4 Å². The summed E-state index contributed by atoms with van der Waals surface area (Å²) in [6.45, 7) is 3.30. The molecule has 0 radical (unpaired) electrons. The monoisotopic (exact) mass is 200 g/mol. The van der Waals surface area contributed by atoms with Crippen LogP contribution in [0.4, 0.5) is 0 Å². The molecular formula is C9H9ClO3. The predicted molar refractivity (Wildman–Crippen MR) is 51.5 cm³/mol. The van der Waals surface area contributed by atoms with Crippen molar-refractivity contribution in [3.8, 4) is 11.5 Å². The molecule has 0 aliphatic rings. The highest BCUT2D eigenvalue weighted by Crippen LogP contribution is 2.24. The van der Waals surface area contributed by atoms with Gasteiger partial charge in [-0.05, 0) is 24.3 Å². The van der Waals surface area contributed by atoms with Gasteiger partial charge in [0.05, 0.1) is 0 Å². The summed E-state index contributed by atoms with van der Waals surface area (Å²) in [5.74, 6) is -0.830. The Balaban J connectivity index is 0.00000144. The molecule has 0 aliphatic carbocycles. The van der Waals surface area contributed by atoms with Crippen LogP contribution >= 0.6 is 12.4 Å². The molecule has 0 heterocycles. The number of carbonyl (C=O) groups excluding carboxylic acids is 1. The Morgan fingerprint density at radius 2 is 1.92 bits per heavy atom. The van der Waals surface area contributed by atoms with Crippen molar-refractivity contribution in [3.05, 3.63) is 36.4 Å². The summed E-state index contributed by atoms with van der Waals surface area (Å²) in [5.41, 5.74) is 0.306. The highest BCUT2D eigenvalue weighted by atomic mass is 35.5. The number of halogens is 1. The molecule has 0 spiro atoms. The van der Waals surface area contributed by atoms with Crippen molar-refractivity contribution >= 4 is 18.2 Å². The van der Waals surface area contributed by atoms with Crippen molar-refractivity contribution in [1.82, 2.24) is 0 Å². The van der Waals surface area contributed by atoms with Crippen LogP contribution in [0.5, 0.6) is 11.5 Å². The van der Waals surface area contributed by atoms with Crippen LogP contribution in [0, 0.1) is 0 Å². The van der Waals surface area contributed by atoms with E-state index in [0.717, 1.165) is 6.08 Å². The number of phenols is 2. The minimum absolute atomic E-state index is 0. The first-order valence-corrected chi connectivity index (χ1v) is 3.34. The van der Waals surface area contributed by atoms with E-state index in [1.165, 1.54) is 18.2 Å². The molecule has 13 heavy (non-hydrogen) atoms. The average molecular weight is 201 g/mol. The van der Waals surface area contributed by atoms with E-state index >= 15 is 0 Å². The molecule has 0 amide bonds. The fraction of sp³-hybridized carbons (Fsp3) is 0. The average Bonchev–Trinajstić information content (AvgIpc) is 2.08. The molecule has 0 atom stereocenters. The fourth-order valence-corrected chi connectivity index (χ4v) is 0.795. The van der Waals surface area contributed by atoms with Gasteiger partial charge >= 0.3 is 0 Å². The molecule has 4 heteroatoms. The van der Waals surface area contributed by atoms with E-state index in [4.69, 9.17) is 10.2 Å². The van der Waals surface area contributed by atoms with E-state index in [0.29, 0.717) is 5.56 Å². The number of allylic oxidation sites excluding steroid dienone is 1. The van der Waals surface area contributed by atoms with E-state index < -0.39 is 0 Å². The Morgan fingerprint density at radius 3 is 2.38 bits per heavy atom. The zero-order chi connectivity index (χ0) is 9.14. The molecule has 0 saturated carbocycles. The predicted octanol–water partition coefficient (Wildman–Crippen LogP) is 1.89. The largest absolute Gasteiger partial charge is 0.504 e. The Labute approximate surface area is 81.7 Å². The first-order valence-electron chi connectivity index (χ1n) is 3.34. The summed E-state index contributed by atoms with van der Waals surface area (Å²) < 4.78 is 0. The van der Waals surface area contributed by atoms with Gasteiger partial charge in [-0.1, -0.05) is 6.58 Å². The van der Waals surface area contributed by atoms with Gasteiger partial charge in [0.15, 0.2) is 17.3 Å². The van der Waals surface area contributed by atoms with E-state index in [1.54, 1.807) is 0 Å². The highest BCUT2D eigenvalue weighted by molar-refractivity contribution is 6.04. The number of carbonyl (C=O) groups is 1. The fourth-order valence-electron chi connectivity index (χ4n) is 0.795. The number of hydrogen-bond donors (Lipinski definition) is 2. The molecule has 0 fully saturated rings. The quantitative estimate of drug-likeness (QED) is 0.436. The van der Waals surface area contributed by atoms with E-state index in [2.05, 4.69) is 6.58 Å². The van der Waals surface area contributed by atoms with Crippen molar-refractivity contribution in [1.29, 1.82) is 0 Å². The first-order chi connectivity index (χ1) is 5.65. The zero-order valence-corrected chi connectivity index (χ0v) is 7.54. The maximum atomic E-state index is 11.0. The smallest absolute Gasteiger partial charge is 0.185 e. The van der Waals surface area contributed by atoms with E-state index in [9.17, 15) is 4.79 Å². The van der Waals surface area contributed by atoms with Crippen LogP contribution in [0.2, 0.25) is 0 Å².